The molecule has 1 aromatic carbocycles. The second-order valence-electron chi connectivity index (χ2n) is 4.87. The topological polar surface area (TPSA) is 75.3 Å². The number of aryl methyl sites for hydroxylation is 1. The number of carboxylic acids is 1. The van der Waals surface area contributed by atoms with Crippen molar-refractivity contribution in [1.82, 2.24) is 9.78 Å². The number of phenols is 1. The zero-order chi connectivity index (χ0) is 14.7. The van der Waals surface area contributed by atoms with Crippen LogP contribution in [0.25, 0.3) is 0 Å². The van der Waals surface area contributed by atoms with Gasteiger partial charge in [0.25, 0.3) is 0 Å². The van der Waals surface area contributed by atoms with Gasteiger partial charge in [-0.1, -0.05) is 12.1 Å². The molecule has 0 aliphatic rings. The molecule has 0 radical (unpaired) electrons. The third kappa shape index (κ3) is 3.17. The van der Waals surface area contributed by atoms with Gasteiger partial charge in [0.1, 0.15) is 5.75 Å². The first-order chi connectivity index (χ1) is 9.47. The number of carboxylic acid groups (broad SMARTS) is 1. The molecule has 1 aromatic heterocycles. The molecule has 0 saturated heterocycles. The highest BCUT2D eigenvalue weighted by Gasteiger charge is 2.12. The summed E-state index contributed by atoms with van der Waals surface area (Å²) in [6, 6.07) is 6.99. The Morgan fingerprint density at radius 2 is 1.90 bits per heavy atom. The molecule has 0 atom stereocenters. The molecule has 20 heavy (non-hydrogen) atoms. The van der Waals surface area contributed by atoms with E-state index in [1.54, 1.807) is 12.1 Å². The standard InChI is InChI=1S/C15H18N2O3/c1-10-14(7-8-15(19)20)11(2)17(16-10)9-12-3-5-13(18)6-4-12/h3-6,18H,7-9H2,1-2H3,(H,19,20). The van der Waals surface area contributed by atoms with Gasteiger partial charge in [0.2, 0.25) is 0 Å². The summed E-state index contributed by atoms with van der Waals surface area (Å²) in [6.07, 6.45) is 0.620. The van der Waals surface area contributed by atoms with E-state index >= 15 is 0 Å². The summed E-state index contributed by atoms with van der Waals surface area (Å²) in [4.78, 5) is 10.7. The van der Waals surface area contributed by atoms with Crippen LogP contribution in [-0.2, 0) is 17.8 Å². The Hall–Kier alpha value is -2.30. The van der Waals surface area contributed by atoms with Crippen molar-refractivity contribution in [3.8, 4) is 5.75 Å². The van der Waals surface area contributed by atoms with Crippen LogP contribution in [0.1, 0.15) is 28.9 Å². The lowest BCUT2D eigenvalue weighted by Crippen LogP contribution is -2.04. The van der Waals surface area contributed by atoms with E-state index in [4.69, 9.17) is 5.11 Å². The smallest absolute Gasteiger partial charge is 0.303 e. The van der Waals surface area contributed by atoms with Crippen LogP contribution in [0.2, 0.25) is 0 Å². The van der Waals surface area contributed by atoms with Gasteiger partial charge in [0.05, 0.1) is 12.2 Å². The van der Waals surface area contributed by atoms with Gasteiger partial charge in [-0.2, -0.15) is 5.10 Å². The number of aromatic hydroxyl groups is 1. The third-order valence-corrected chi connectivity index (χ3v) is 3.39. The van der Waals surface area contributed by atoms with Crippen LogP contribution in [0, 0.1) is 13.8 Å². The summed E-state index contributed by atoms with van der Waals surface area (Å²) in [6.45, 7) is 4.47. The maximum Gasteiger partial charge on any atom is 0.303 e. The molecule has 2 rings (SSSR count). The molecule has 0 spiro atoms. The largest absolute Gasteiger partial charge is 0.508 e. The highest BCUT2D eigenvalue weighted by atomic mass is 16.4. The molecular formula is C15H18N2O3. The maximum absolute atomic E-state index is 10.7. The van der Waals surface area contributed by atoms with Crippen LogP contribution in [0.15, 0.2) is 24.3 Å². The summed E-state index contributed by atoms with van der Waals surface area (Å²) < 4.78 is 1.87. The van der Waals surface area contributed by atoms with Crippen molar-refractivity contribution < 1.29 is 15.0 Å². The van der Waals surface area contributed by atoms with Gasteiger partial charge < -0.3 is 10.2 Å². The van der Waals surface area contributed by atoms with Gasteiger partial charge in [0.15, 0.2) is 0 Å². The normalized spacial score (nSPS) is 10.7. The second-order valence-corrected chi connectivity index (χ2v) is 4.87. The minimum atomic E-state index is -0.796. The molecule has 1 heterocycles. The monoisotopic (exact) mass is 274 g/mol. The number of phenolic OH excluding ortho intramolecular Hbond substituents is 1. The fraction of sp³-hybridized carbons (Fsp3) is 0.333. The number of nitrogens with zero attached hydrogens (tertiary/aromatic N) is 2. The second kappa shape index (κ2) is 5.77. The van der Waals surface area contributed by atoms with Crippen molar-refractivity contribution in [1.29, 1.82) is 0 Å². The van der Waals surface area contributed by atoms with Crippen molar-refractivity contribution in [2.24, 2.45) is 0 Å². The Balaban J connectivity index is 2.18. The minimum Gasteiger partial charge on any atom is -0.508 e. The molecule has 106 valence electrons. The Bertz CT molecular complexity index is 615. The van der Waals surface area contributed by atoms with Gasteiger partial charge in [-0.3, -0.25) is 9.48 Å². The maximum atomic E-state index is 10.7. The van der Waals surface area contributed by atoms with Gasteiger partial charge >= 0.3 is 5.97 Å². The molecule has 2 aromatic rings. The minimum absolute atomic E-state index is 0.118. The molecule has 5 nitrogen and oxygen atoms in total. The van der Waals surface area contributed by atoms with E-state index in [2.05, 4.69) is 5.10 Å². The lowest BCUT2D eigenvalue weighted by molar-refractivity contribution is -0.136. The Morgan fingerprint density at radius 3 is 2.50 bits per heavy atom. The first-order valence-corrected chi connectivity index (χ1v) is 6.50. The molecule has 0 saturated carbocycles. The molecular weight excluding hydrogens is 256 g/mol. The van der Waals surface area contributed by atoms with Crippen molar-refractivity contribution >= 4 is 5.97 Å². The van der Waals surface area contributed by atoms with Crippen molar-refractivity contribution in [3.05, 3.63) is 46.8 Å². The van der Waals surface area contributed by atoms with Crippen LogP contribution in [0.5, 0.6) is 5.75 Å². The predicted octanol–water partition coefficient (Wildman–Crippen LogP) is 2.27. The van der Waals surface area contributed by atoms with Gasteiger partial charge in [-0.05, 0) is 43.5 Å². The number of hydrogen-bond donors (Lipinski definition) is 2. The fourth-order valence-corrected chi connectivity index (χ4v) is 2.26. The predicted molar refractivity (Wildman–Crippen MR) is 74.9 cm³/mol. The Kier molecular flexibility index (Phi) is 4.08. The molecule has 0 amide bonds. The SMILES string of the molecule is Cc1nn(Cc2ccc(O)cc2)c(C)c1CCC(=O)O. The number of carbonyl (C=O) groups is 1. The van der Waals surface area contributed by atoms with Crippen molar-refractivity contribution in [2.45, 2.75) is 33.2 Å². The number of benzene rings is 1. The first kappa shape index (κ1) is 14.1. The van der Waals surface area contributed by atoms with Gasteiger partial charge in [-0.15, -0.1) is 0 Å². The Morgan fingerprint density at radius 1 is 1.25 bits per heavy atom. The zero-order valence-electron chi connectivity index (χ0n) is 11.6. The van der Waals surface area contributed by atoms with E-state index in [0.29, 0.717) is 13.0 Å². The van der Waals surface area contributed by atoms with Crippen molar-refractivity contribution in [3.63, 3.8) is 0 Å². The van der Waals surface area contributed by atoms with Crippen LogP contribution >= 0.6 is 0 Å². The molecule has 0 aliphatic carbocycles. The molecule has 0 bridgehead atoms. The summed E-state index contributed by atoms with van der Waals surface area (Å²) in [5.41, 5.74) is 3.92. The number of aromatic nitrogens is 2. The highest BCUT2D eigenvalue weighted by Crippen LogP contribution is 2.17. The van der Waals surface area contributed by atoms with Crippen molar-refractivity contribution in [2.75, 3.05) is 0 Å². The van der Waals surface area contributed by atoms with Crippen LogP contribution < -0.4 is 0 Å². The van der Waals surface area contributed by atoms with E-state index in [0.717, 1.165) is 22.5 Å². The lowest BCUT2D eigenvalue weighted by atomic mass is 10.1. The van der Waals surface area contributed by atoms with E-state index in [1.807, 2.05) is 30.7 Å². The molecule has 5 heteroatoms. The number of hydrogen-bond acceptors (Lipinski definition) is 3. The van der Waals surface area contributed by atoms with Crippen LogP contribution in [0.3, 0.4) is 0 Å². The van der Waals surface area contributed by atoms with Gasteiger partial charge in [0, 0.05) is 12.1 Å². The molecule has 2 N–H and O–H groups in total. The number of aliphatic carboxylic acids is 1. The van der Waals surface area contributed by atoms with Gasteiger partial charge in [-0.25, -0.2) is 0 Å². The molecule has 0 fully saturated rings. The van der Waals surface area contributed by atoms with Crippen LogP contribution in [0.4, 0.5) is 0 Å². The highest BCUT2D eigenvalue weighted by molar-refractivity contribution is 5.67. The van der Waals surface area contributed by atoms with E-state index < -0.39 is 5.97 Å². The van der Waals surface area contributed by atoms with Crippen LogP contribution in [-0.4, -0.2) is 26.0 Å². The molecule has 0 aliphatic heterocycles. The van der Waals surface area contributed by atoms with E-state index in [1.165, 1.54) is 0 Å². The lowest BCUT2D eigenvalue weighted by Gasteiger charge is -2.06. The quantitative estimate of drug-likeness (QED) is 0.877. The fourth-order valence-electron chi connectivity index (χ4n) is 2.26. The summed E-state index contributed by atoms with van der Waals surface area (Å²) in [7, 11) is 0. The first-order valence-electron chi connectivity index (χ1n) is 6.50. The van der Waals surface area contributed by atoms with E-state index in [-0.39, 0.29) is 12.2 Å². The number of rotatable bonds is 5. The van der Waals surface area contributed by atoms with E-state index in [9.17, 15) is 9.90 Å². The third-order valence-electron chi connectivity index (χ3n) is 3.39. The zero-order valence-corrected chi connectivity index (χ0v) is 11.6. The molecule has 0 unspecified atom stereocenters. The summed E-state index contributed by atoms with van der Waals surface area (Å²) >= 11 is 0. The Labute approximate surface area is 117 Å². The average Bonchev–Trinajstić information content (AvgIpc) is 2.65. The average molecular weight is 274 g/mol. The summed E-state index contributed by atoms with van der Waals surface area (Å²) in [5.74, 6) is -0.556. The summed E-state index contributed by atoms with van der Waals surface area (Å²) in [5, 5.41) is 22.5.